The summed E-state index contributed by atoms with van der Waals surface area (Å²) in [7, 11) is -3.21. The SMILES string of the molecule is CC1CCC(C(=O)C(C)S(C)(=O)=O)CC1. The summed E-state index contributed by atoms with van der Waals surface area (Å²) in [5.41, 5.74) is 0. The number of ketones is 1. The number of hydrogen-bond acceptors (Lipinski definition) is 3. The van der Waals surface area contributed by atoms with Gasteiger partial charge in [-0.3, -0.25) is 4.79 Å². The standard InChI is InChI=1S/C11H20O3S/c1-8-4-6-10(7-5-8)11(12)9(2)15(3,13)14/h8-10H,4-7H2,1-3H3. The molecule has 1 aliphatic rings. The molecule has 4 heteroatoms. The molecule has 88 valence electrons. The molecule has 1 saturated carbocycles. The lowest BCUT2D eigenvalue weighted by Crippen LogP contribution is -2.33. The fourth-order valence-electron chi connectivity index (χ4n) is 2.09. The van der Waals surface area contributed by atoms with E-state index in [9.17, 15) is 13.2 Å². The van der Waals surface area contributed by atoms with Crippen LogP contribution in [-0.4, -0.2) is 25.7 Å². The molecule has 0 radical (unpaired) electrons. The van der Waals surface area contributed by atoms with Gasteiger partial charge in [0.15, 0.2) is 15.6 Å². The number of Topliss-reactive ketones (excluding diaryl/α,β-unsaturated/α-hetero) is 1. The molecular weight excluding hydrogens is 212 g/mol. The second-order valence-corrected chi connectivity index (χ2v) is 7.20. The molecule has 0 heterocycles. The number of carbonyl (C=O) groups is 1. The fourth-order valence-corrected chi connectivity index (χ4v) is 2.70. The van der Waals surface area contributed by atoms with Crippen LogP contribution >= 0.6 is 0 Å². The molecule has 0 amide bonds. The Bertz CT molecular complexity index is 324. The first-order valence-corrected chi connectivity index (χ1v) is 7.50. The molecular formula is C11H20O3S. The van der Waals surface area contributed by atoms with Crippen LogP contribution in [0.2, 0.25) is 0 Å². The maximum atomic E-state index is 11.9. The van der Waals surface area contributed by atoms with Gasteiger partial charge in [0.1, 0.15) is 5.25 Å². The maximum absolute atomic E-state index is 11.9. The van der Waals surface area contributed by atoms with Gasteiger partial charge in [-0.2, -0.15) is 0 Å². The third-order valence-corrected chi connectivity index (χ3v) is 4.98. The van der Waals surface area contributed by atoms with Gasteiger partial charge in [-0.05, 0) is 25.7 Å². The van der Waals surface area contributed by atoms with E-state index in [1.165, 1.54) is 6.92 Å². The van der Waals surface area contributed by atoms with Gasteiger partial charge < -0.3 is 0 Å². The molecule has 1 atom stereocenters. The van der Waals surface area contributed by atoms with Crippen LogP contribution in [0.15, 0.2) is 0 Å². The van der Waals surface area contributed by atoms with Crippen molar-refractivity contribution < 1.29 is 13.2 Å². The number of carbonyl (C=O) groups excluding carboxylic acids is 1. The van der Waals surface area contributed by atoms with Gasteiger partial charge in [0, 0.05) is 12.2 Å². The van der Waals surface area contributed by atoms with Crippen LogP contribution < -0.4 is 0 Å². The molecule has 0 spiro atoms. The van der Waals surface area contributed by atoms with E-state index in [1.54, 1.807) is 0 Å². The average Bonchev–Trinajstić information content (AvgIpc) is 2.15. The van der Waals surface area contributed by atoms with E-state index in [4.69, 9.17) is 0 Å². The Labute approximate surface area is 92.2 Å². The number of hydrogen-bond donors (Lipinski definition) is 0. The molecule has 1 rings (SSSR count). The van der Waals surface area contributed by atoms with Crippen LogP contribution in [0.25, 0.3) is 0 Å². The van der Waals surface area contributed by atoms with Crippen molar-refractivity contribution in [3.63, 3.8) is 0 Å². The first-order chi connectivity index (χ1) is 6.82. The summed E-state index contributed by atoms with van der Waals surface area (Å²) in [6.45, 7) is 3.69. The Morgan fingerprint density at radius 2 is 1.67 bits per heavy atom. The molecule has 0 saturated heterocycles. The van der Waals surface area contributed by atoms with Gasteiger partial charge in [-0.15, -0.1) is 0 Å². The minimum absolute atomic E-state index is 0.0223. The Hall–Kier alpha value is -0.380. The highest BCUT2D eigenvalue weighted by atomic mass is 32.2. The summed E-state index contributed by atoms with van der Waals surface area (Å²) in [6.07, 6.45) is 4.96. The summed E-state index contributed by atoms with van der Waals surface area (Å²) in [5.74, 6) is 0.581. The van der Waals surface area contributed by atoms with Gasteiger partial charge in [-0.1, -0.05) is 19.8 Å². The average molecular weight is 232 g/mol. The molecule has 3 nitrogen and oxygen atoms in total. The lowest BCUT2D eigenvalue weighted by atomic mass is 9.80. The first-order valence-electron chi connectivity index (χ1n) is 5.55. The predicted octanol–water partition coefficient (Wildman–Crippen LogP) is 1.81. The molecule has 0 bridgehead atoms. The van der Waals surface area contributed by atoms with Crippen LogP contribution in [0.3, 0.4) is 0 Å². The molecule has 15 heavy (non-hydrogen) atoms. The van der Waals surface area contributed by atoms with Crippen molar-refractivity contribution in [2.75, 3.05) is 6.26 Å². The highest BCUT2D eigenvalue weighted by molar-refractivity contribution is 7.92. The van der Waals surface area contributed by atoms with E-state index in [2.05, 4.69) is 6.92 Å². The quantitative estimate of drug-likeness (QED) is 0.745. The Balaban J connectivity index is 2.62. The van der Waals surface area contributed by atoms with Crippen molar-refractivity contribution >= 4 is 15.6 Å². The fraction of sp³-hybridized carbons (Fsp3) is 0.909. The van der Waals surface area contributed by atoms with Crippen molar-refractivity contribution in [3.05, 3.63) is 0 Å². The second kappa shape index (κ2) is 4.64. The highest BCUT2D eigenvalue weighted by Gasteiger charge is 2.32. The summed E-state index contributed by atoms with van der Waals surface area (Å²) in [6, 6.07) is 0. The van der Waals surface area contributed by atoms with E-state index in [1.807, 2.05) is 0 Å². The van der Waals surface area contributed by atoms with Crippen LogP contribution in [0.5, 0.6) is 0 Å². The van der Waals surface area contributed by atoms with Gasteiger partial charge in [-0.25, -0.2) is 8.42 Å². The van der Waals surface area contributed by atoms with Crippen LogP contribution in [0.4, 0.5) is 0 Å². The van der Waals surface area contributed by atoms with Crippen molar-refractivity contribution in [2.24, 2.45) is 11.8 Å². The lowest BCUT2D eigenvalue weighted by molar-refractivity contribution is -0.123. The zero-order chi connectivity index (χ0) is 11.6. The van der Waals surface area contributed by atoms with Gasteiger partial charge in [0.25, 0.3) is 0 Å². The minimum atomic E-state index is -3.21. The largest absolute Gasteiger partial charge is 0.298 e. The summed E-state index contributed by atoms with van der Waals surface area (Å²) in [4.78, 5) is 11.9. The van der Waals surface area contributed by atoms with Crippen molar-refractivity contribution in [1.29, 1.82) is 0 Å². The van der Waals surface area contributed by atoms with E-state index >= 15 is 0 Å². The third-order valence-electron chi connectivity index (χ3n) is 3.46. The third kappa shape index (κ3) is 3.30. The molecule has 0 aromatic rings. The topological polar surface area (TPSA) is 51.2 Å². The Kier molecular flexibility index (Phi) is 3.93. The van der Waals surface area contributed by atoms with Gasteiger partial charge in [0.2, 0.25) is 0 Å². The van der Waals surface area contributed by atoms with E-state index in [-0.39, 0.29) is 11.7 Å². The smallest absolute Gasteiger partial charge is 0.157 e. The Morgan fingerprint density at radius 1 is 1.20 bits per heavy atom. The normalized spacial score (nSPS) is 29.8. The molecule has 0 aliphatic heterocycles. The van der Waals surface area contributed by atoms with E-state index in [0.717, 1.165) is 31.9 Å². The molecule has 0 aromatic carbocycles. The molecule has 1 aliphatic carbocycles. The summed E-state index contributed by atoms with van der Waals surface area (Å²) < 4.78 is 22.5. The molecule has 0 aromatic heterocycles. The minimum Gasteiger partial charge on any atom is -0.298 e. The highest BCUT2D eigenvalue weighted by Crippen LogP contribution is 2.30. The summed E-state index contributed by atoms with van der Waals surface area (Å²) >= 11 is 0. The number of rotatable bonds is 3. The molecule has 1 unspecified atom stereocenters. The van der Waals surface area contributed by atoms with Crippen LogP contribution in [0.1, 0.15) is 39.5 Å². The van der Waals surface area contributed by atoms with Crippen molar-refractivity contribution in [2.45, 2.75) is 44.8 Å². The van der Waals surface area contributed by atoms with Crippen LogP contribution in [0, 0.1) is 11.8 Å². The first kappa shape index (κ1) is 12.7. The van der Waals surface area contributed by atoms with Gasteiger partial charge >= 0.3 is 0 Å². The zero-order valence-electron chi connectivity index (χ0n) is 9.69. The van der Waals surface area contributed by atoms with Crippen molar-refractivity contribution in [3.8, 4) is 0 Å². The maximum Gasteiger partial charge on any atom is 0.157 e. The number of sulfone groups is 1. The van der Waals surface area contributed by atoms with Crippen molar-refractivity contribution in [1.82, 2.24) is 0 Å². The zero-order valence-corrected chi connectivity index (χ0v) is 10.5. The monoisotopic (exact) mass is 232 g/mol. The molecule has 0 N–H and O–H groups in total. The summed E-state index contributed by atoms with van der Waals surface area (Å²) in [5, 5.41) is -0.823. The van der Waals surface area contributed by atoms with Crippen LogP contribution in [-0.2, 0) is 14.6 Å². The van der Waals surface area contributed by atoms with Gasteiger partial charge in [0.05, 0.1) is 0 Å². The van der Waals surface area contributed by atoms with E-state index in [0.29, 0.717) is 5.92 Å². The lowest BCUT2D eigenvalue weighted by Gasteiger charge is -2.26. The molecule has 1 fully saturated rings. The Morgan fingerprint density at radius 3 is 2.07 bits per heavy atom. The van der Waals surface area contributed by atoms with E-state index < -0.39 is 15.1 Å². The second-order valence-electron chi connectivity index (χ2n) is 4.83. The predicted molar refractivity (Wildman–Crippen MR) is 60.4 cm³/mol.